The molecule has 0 spiro atoms. The van der Waals surface area contributed by atoms with E-state index in [1.165, 1.54) is 0 Å². The molecule has 0 radical (unpaired) electrons. The zero-order valence-corrected chi connectivity index (χ0v) is 12.1. The molecule has 2 rings (SSSR count). The molecular weight excluding hydrogens is 256 g/mol. The van der Waals surface area contributed by atoms with Crippen molar-refractivity contribution >= 4 is 17.0 Å². The molecule has 0 unspecified atom stereocenters. The van der Waals surface area contributed by atoms with Gasteiger partial charge in [-0.05, 0) is 18.2 Å². The van der Waals surface area contributed by atoms with Crippen molar-refractivity contribution in [3.63, 3.8) is 0 Å². The van der Waals surface area contributed by atoms with E-state index in [2.05, 4.69) is 9.55 Å². The van der Waals surface area contributed by atoms with Gasteiger partial charge in [-0.15, -0.1) is 0 Å². The van der Waals surface area contributed by atoms with Crippen molar-refractivity contribution in [2.24, 2.45) is 5.41 Å². The average molecular weight is 276 g/mol. The van der Waals surface area contributed by atoms with Crippen LogP contribution in [0.25, 0.3) is 11.0 Å². The molecule has 2 aromatic rings. The molecule has 0 saturated heterocycles. The van der Waals surface area contributed by atoms with Crippen LogP contribution in [0.3, 0.4) is 0 Å². The first-order chi connectivity index (χ1) is 9.38. The minimum absolute atomic E-state index is 0.0863. The van der Waals surface area contributed by atoms with E-state index in [-0.39, 0.29) is 17.6 Å². The van der Waals surface area contributed by atoms with Gasteiger partial charge in [-0.25, -0.2) is 9.78 Å². The number of aryl methyl sites for hydroxylation is 1. The van der Waals surface area contributed by atoms with E-state index in [1.807, 2.05) is 20.8 Å². The van der Waals surface area contributed by atoms with Gasteiger partial charge in [0.15, 0.2) is 0 Å². The number of benzene rings is 1. The monoisotopic (exact) mass is 276 g/mol. The number of carboxylic acids is 1. The molecule has 0 saturated carbocycles. The lowest BCUT2D eigenvalue weighted by Gasteiger charge is -2.23. The number of rotatable bonds is 5. The predicted octanol–water partition coefficient (Wildman–Crippen LogP) is 2.32. The van der Waals surface area contributed by atoms with Crippen molar-refractivity contribution in [3.05, 3.63) is 29.6 Å². The largest absolute Gasteiger partial charge is 0.478 e. The summed E-state index contributed by atoms with van der Waals surface area (Å²) in [5, 5.41) is 18.5. The van der Waals surface area contributed by atoms with Crippen molar-refractivity contribution in [2.45, 2.75) is 33.7 Å². The summed E-state index contributed by atoms with van der Waals surface area (Å²) in [5.74, 6) is -0.0424. The van der Waals surface area contributed by atoms with Crippen LogP contribution in [-0.4, -0.2) is 32.3 Å². The van der Waals surface area contributed by atoms with E-state index in [0.717, 1.165) is 17.8 Å². The van der Waals surface area contributed by atoms with Crippen molar-refractivity contribution in [1.82, 2.24) is 9.55 Å². The zero-order chi connectivity index (χ0) is 14.9. The van der Waals surface area contributed by atoms with Crippen molar-refractivity contribution in [3.8, 4) is 0 Å². The van der Waals surface area contributed by atoms with Gasteiger partial charge in [-0.1, -0.05) is 20.8 Å². The van der Waals surface area contributed by atoms with Crippen LogP contribution >= 0.6 is 0 Å². The number of fused-ring (bicyclic) bond motifs is 1. The van der Waals surface area contributed by atoms with Crippen molar-refractivity contribution in [1.29, 1.82) is 0 Å². The lowest BCUT2D eigenvalue weighted by Crippen LogP contribution is -2.24. The van der Waals surface area contributed by atoms with Gasteiger partial charge in [-0.3, -0.25) is 0 Å². The Balaban J connectivity index is 2.55. The van der Waals surface area contributed by atoms with E-state index < -0.39 is 5.97 Å². The molecule has 1 aromatic carbocycles. The number of carboxylic acid groups (broad SMARTS) is 1. The van der Waals surface area contributed by atoms with Gasteiger partial charge < -0.3 is 14.8 Å². The summed E-state index contributed by atoms with van der Waals surface area (Å²) in [6.45, 7) is 6.73. The van der Waals surface area contributed by atoms with Gasteiger partial charge in [0.25, 0.3) is 0 Å². The standard InChI is InChI=1S/C15H20N2O3/c1-4-13-16-11-7-10(14(19)20)5-6-12(11)17(13)8-15(2,3)9-18/h5-7,18H,4,8-9H2,1-3H3,(H,19,20). The Morgan fingerprint density at radius 3 is 2.65 bits per heavy atom. The second-order valence-corrected chi connectivity index (χ2v) is 5.80. The third-order valence-electron chi connectivity index (χ3n) is 3.40. The molecule has 0 aliphatic heterocycles. The summed E-state index contributed by atoms with van der Waals surface area (Å²) in [7, 11) is 0. The Morgan fingerprint density at radius 2 is 2.10 bits per heavy atom. The number of nitrogens with zero attached hydrogens (tertiary/aromatic N) is 2. The third-order valence-corrected chi connectivity index (χ3v) is 3.40. The number of carbonyl (C=O) groups is 1. The van der Waals surface area contributed by atoms with Crippen LogP contribution in [0.5, 0.6) is 0 Å². The van der Waals surface area contributed by atoms with Gasteiger partial charge in [0.1, 0.15) is 5.82 Å². The molecule has 0 amide bonds. The molecule has 0 bridgehead atoms. The van der Waals surface area contributed by atoms with Crippen LogP contribution in [0.15, 0.2) is 18.2 Å². The quantitative estimate of drug-likeness (QED) is 0.878. The van der Waals surface area contributed by atoms with E-state index in [1.54, 1.807) is 18.2 Å². The Morgan fingerprint density at radius 1 is 1.40 bits per heavy atom. The highest BCUT2D eigenvalue weighted by Gasteiger charge is 2.21. The predicted molar refractivity (Wildman–Crippen MR) is 76.9 cm³/mol. The van der Waals surface area contributed by atoms with Crippen LogP contribution in [0.4, 0.5) is 0 Å². The minimum atomic E-state index is -0.949. The molecule has 0 aliphatic rings. The number of aromatic carboxylic acids is 1. The summed E-state index contributed by atoms with van der Waals surface area (Å²) in [4.78, 5) is 15.5. The normalized spacial score (nSPS) is 12.0. The number of hydrogen-bond acceptors (Lipinski definition) is 3. The Labute approximate surface area is 117 Å². The van der Waals surface area contributed by atoms with Gasteiger partial charge in [-0.2, -0.15) is 0 Å². The maximum absolute atomic E-state index is 11.0. The molecule has 1 heterocycles. The number of aliphatic hydroxyl groups excluding tert-OH is 1. The molecule has 5 nitrogen and oxygen atoms in total. The summed E-state index contributed by atoms with van der Waals surface area (Å²) < 4.78 is 2.07. The molecule has 5 heteroatoms. The Hall–Kier alpha value is -1.88. The Bertz CT molecular complexity index is 644. The minimum Gasteiger partial charge on any atom is -0.478 e. The average Bonchev–Trinajstić information content (AvgIpc) is 2.75. The first-order valence-electron chi connectivity index (χ1n) is 6.71. The third kappa shape index (κ3) is 2.67. The molecule has 2 N–H and O–H groups in total. The topological polar surface area (TPSA) is 75.3 Å². The number of hydrogen-bond donors (Lipinski definition) is 2. The van der Waals surface area contributed by atoms with E-state index in [4.69, 9.17) is 5.11 Å². The number of aliphatic hydroxyl groups is 1. The molecule has 0 atom stereocenters. The van der Waals surface area contributed by atoms with E-state index in [9.17, 15) is 9.90 Å². The SMILES string of the molecule is CCc1nc2cc(C(=O)O)ccc2n1CC(C)(C)CO. The number of aromatic nitrogens is 2. The summed E-state index contributed by atoms with van der Waals surface area (Å²) in [6, 6.07) is 4.98. The lowest BCUT2D eigenvalue weighted by atomic mass is 9.94. The van der Waals surface area contributed by atoms with Crippen LogP contribution in [0, 0.1) is 5.41 Å². The fourth-order valence-electron chi connectivity index (χ4n) is 2.24. The molecular formula is C15H20N2O3. The van der Waals surface area contributed by atoms with E-state index in [0.29, 0.717) is 12.1 Å². The smallest absolute Gasteiger partial charge is 0.335 e. The molecule has 108 valence electrons. The lowest BCUT2D eigenvalue weighted by molar-refractivity contribution is 0.0697. The fraction of sp³-hybridized carbons (Fsp3) is 0.467. The van der Waals surface area contributed by atoms with Crippen LogP contribution < -0.4 is 0 Å². The van der Waals surface area contributed by atoms with Gasteiger partial charge in [0.2, 0.25) is 0 Å². The first-order valence-corrected chi connectivity index (χ1v) is 6.71. The fourth-order valence-corrected chi connectivity index (χ4v) is 2.24. The highest BCUT2D eigenvalue weighted by atomic mass is 16.4. The second kappa shape index (κ2) is 5.25. The van der Waals surface area contributed by atoms with Crippen molar-refractivity contribution < 1.29 is 15.0 Å². The molecule has 0 fully saturated rings. The second-order valence-electron chi connectivity index (χ2n) is 5.80. The molecule has 0 aliphatic carbocycles. The van der Waals surface area contributed by atoms with Crippen LogP contribution in [0.1, 0.15) is 37.0 Å². The maximum Gasteiger partial charge on any atom is 0.335 e. The summed E-state index contributed by atoms with van der Waals surface area (Å²) in [5.41, 5.74) is 1.60. The van der Waals surface area contributed by atoms with Crippen LogP contribution in [-0.2, 0) is 13.0 Å². The van der Waals surface area contributed by atoms with E-state index >= 15 is 0 Å². The molecule has 20 heavy (non-hydrogen) atoms. The summed E-state index contributed by atoms with van der Waals surface area (Å²) in [6.07, 6.45) is 0.762. The zero-order valence-electron chi connectivity index (χ0n) is 12.1. The highest BCUT2D eigenvalue weighted by Crippen LogP contribution is 2.24. The van der Waals surface area contributed by atoms with Crippen molar-refractivity contribution in [2.75, 3.05) is 6.61 Å². The number of imidazole rings is 1. The Kier molecular flexibility index (Phi) is 3.81. The van der Waals surface area contributed by atoms with Gasteiger partial charge in [0, 0.05) is 25.0 Å². The maximum atomic E-state index is 11.0. The first kappa shape index (κ1) is 14.5. The van der Waals surface area contributed by atoms with Gasteiger partial charge in [0.05, 0.1) is 16.6 Å². The molecule has 1 aromatic heterocycles. The van der Waals surface area contributed by atoms with Crippen LogP contribution in [0.2, 0.25) is 0 Å². The summed E-state index contributed by atoms with van der Waals surface area (Å²) >= 11 is 0. The van der Waals surface area contributed by atoms with Gasteiger partial charge >= 0.3 is 5.97 Å². The highest BCUT2D eigenvalue weighted by molar-refractivity contribution is 5.92.